The van der Waals surface area contributed by atoms with Crippen LogP contribution in [0.15, 0.2) is 36.9 Å². The average molecular weight is 468 g/mol. The maximum absolute atomic E-state index is 13.0. The first-order valence-corrected chi connectivity index (χ1v) is 11.8. The molecule has 1 aliphatic heterocycles. The molecule has 0 atom stereocenters. The van der Waals surface area contributed by atoms with Crippen LogP contribution in [0.4, 0.5) is 14.6 Å². The Hall–Kier alpha value is -3.11. The van der Waals surface area contributed by atoms with Gasteiger partial charge in [-0.1, -0.05) is 6.07 Å². The third-order valence-electron chi connectivity index (χ3n) is 7.12. The first-order chi connectivity index (χ1) is 16.7. The summed E-state index contributed by atoms with van der Waals surface area (Å²) in [5, 5.41) is 9.33. The van der Waals surface area contributed by atoms with E-state index in [9.17, 15) is 8.78 Å². The molecule has 0 amide bonds. The van der Waals surface area contributed by atoms with Gasteiger partial charge in [0.1, 0.15) is 17.8 Å². The molecule has 2 N–H and O–H groups in total. The average Bonchev–Trinajstić information content (AvgIpc) is 3.50. The van der Waals surface area contributed by atoms with Crippen LogP contribution in [0.1, 0.15) is 32.2 Å². The number of nitrogens with one attached hydrogen (secondary N) is 2. The number of hydrogen-bond donors (Lipinski definition) is 2. The summed E-state index contributed by atoms with van der Waals surface area (Å²) in [4.78, 5) is 14.9. The van der Waals surface area contributed by atoms with Crippen molar-refractivity contribution in [2.24, 2.45) is 0 Å². The van der Waals surface area contributed by atoms with Crippen molar-refractivity contribution in [2.75, 3.05) is 31.6 Å². The fourth-order valence-corrected chi connectivity index (χ4v) is 5.33. The van der Waals surface area contributed by atoms with Gasteiger partial charge in [-0.3, -0.25) is 4.90 Å². The highest BCUT2D eigenvalue weighted by Crippen LogP contribution is 2.34. The Labute approximate surface area is 195 Å². The standard InChI is InChI=1S/C24H27F2N7O/c25-24(26)33-13-16(12-29-33)15-1-6-20-19(11-15)21-22(27-14-28-23(21)31-20)30-17-2-4-18(5-3-17)32-7-9-34-10-8-32/h1,6,11-14,17-18,24H,2-5,7-10H2,(H2,27,28,30,31). The highest BCUT2D eigenvalue weighted by atomic mass is 19.3. The van der Waals surface area contributed by atoms with Crippen molar-refractivity contribution in [3.8, 4) is 11.1 Å². The van der Waals surface area contributed by atoms with Crippen molar-refractivity contribution in [3.05, 3.63) is 36.9 Å². The third-order valence-corrected chi connectivity index (χ3v) is 7.12. The third kappa shape index (κ3) is 4.01. The molecule has 0 bridgehead atoms. The smallest absolute Gasteiger partial charge is 0.333 e. The molecule has 0 radical (unpaired) electrons. The lowest BCUT2D eigenvalue weighted by Gasteiger charge is -2.39. The lowest BCUT2D eigenvalue weighted by molar-refractivity contribution is 0.00791. The van der Waals surface area contributed by atoms with Crippen LogP contribution >= 0.6 is 0 Å². The zero-order valence-electron chi connectivity index (χ0n) is 18.8. The molecule has 3 aromatic heterocycles. The molecule has 178 valence electrons. The van der Waals surface area contributed by atoms with Gasteiger partial charge >= 0.3 is 6.55 Å². The van der Waals surface area contributed by atoms with Crippen molar-refractivity contribution in [1.82, 2.24) is 29.6 Å². The first kappa shape index (κ1) is 21.4. The second-order valence-electron chi connectivity index (χ2n) is 9.12. The number of ether oxygens (including phenoxy) is 1. The Kier molecular flexibility index (Phi) is 5.62. The summed E-state index contributed by atoms with van der Waals surface area (Å²) in [7, 11) is 0. The van der Waals surface area contributed by atoms with E-state index in [1.807, 2.05) is 18.2 Å². The molecule has 8 nitrogen and oxygen atoms in total. The van der Waals surface area contributed by atoms with Gasteiger partial charge in [0.15, 0.2) is 0 Å². The maximum Gasteiger partial charge on any atom is 0.333 e. The van der Waals surface area contributed by atoms with Crippen LogP contribution in [0.2, 0.25) is 0 Å². The van der Waals surface area contributed by atoms with Crippen molar-refractivity contribution in [2.45, 2.75) is 44.3 Å². The predicted octanol–water partition coefficient (Wildman–Crippen LogP) is 4.43. The molecule has 34 heavy (non-hydrogen) atoms. The number of aromatic amines is 1. The second-order valence-corrected chi connectivity index (χ2v) is 9.12. The van der Waals surface area contributed by atoms with Gasteiger partial charge in [0, 0.05) is 47.8 Å². The molecule has 1 saturated carbocycles. The van der Waals surface area contributed by atoms with E-state index in [1.165, 1.54) is 12.4 Å². The minimum atomic E-state index is -2.66. The van der Waals surface area contributed by atoms with Crippen molar-refractivity contribution in [1.29, 1.82) is 0 Å². The number of nitrogens with zero attached hydrogens (tertiary/aromatic N) is 5. The summed E-state index contributed by atoms with van der Waals surface area (Å²) in [5.74, 6) is 0.812. The van der Waals surface area contributed by atoms with E-state index in [2.05, 4.69) is 30.3 Å². The number of alkyl halides is 2. The van der Waals surface area contributed by atoms with Crippen LogP contribution in [0.3, 0.4) is 0 Å². The minimum absolute atomic E-state index is 0.354. The molecule has 1 aromatic carbocycles. The number of halogens is 2. The maximum atomic E-state index is 13.0. The van der Waals surface area contributed by atoms with Crippen LogP contribution in [0.25, 0.3) is 33.1 Å². The molecule has 6 rings (SSSR count). The van der Waals surface area contributed by atoms with Gasteiger partial charge in [-0.05, 0) is 43.4 Å². The summed E-state index contributed by atoms with van der Waals surface area (Å²) in [6, 6.07) is 6.83. The molecule has 4 heterocycles. The monoisotopic (exact) mass is 467 g/mol. The molecule has 4 aromatic rings. The van der Waals surface area contributed by atoms with E-state index >= 15 is 0 Å². The van der Waals surface area contributed by atoms with E-state index in [-0.39, 0.29) is 0 Å². The number of morpholine rings is 1. The Morgan fingerprint density at radius 2 is 1.88 bits per heavy atom. The Balaban J connectivity index is 1.26. The van der Waals surface area contributed by atoms with E-state index < -0.39 is 6.55 Å². The zero-order valence-corrected chi connectivity index (χ0v) is 18.8. The number of anilines is 1. The summed E-state index contributed by atoms with van der Waals surface area (Å²) >= 11 is 0. The molecule has 10 heteroatoms. The Morgan fingerprint density at radius 1 is 1.06 bits per heavy atom. The van der Waals surface area contributed by atoms with E-state index in [1.54, 1.807) is 6.33 Å². The zero-order chi connectivity index (χ0) is 23.1. The van der Waals surface area contributed by atoms with Gasteiger partial charge < -0.3 is 15.0 Å². The van der Waals surface area contributed by atoms with Gasteiger partial charge in [-0.25, -0.2) is 14.6 Å². The fraction of sp³-hybridized carbons (Fsp3) is 0.458. The molecule has 1 aliphatic carbocycles. The summed E-state index contributed by atoms with van der Waals surface area (Å²) < 4.78 is 32.1. The lowest BCUT2D eigenvalue weighted by atomic mass is 9.90. The predicted molar refractivity (Wildman–Crippen MR) is 126 cm³/mol. The number of H-pyrrole nitrogens is 1. The van der Waals surface area contributed by atoms with E-state index in [0.29, 0.717) is 22.3 Å². The number of fused-ring (bicyclic) bond motifs is 3. The van der Waals surface area contributed by atoms with Crippen molar-refractivity contribution < 1.29 is 13.5 Å². The van der Waals surface area contributed by atoms with Gasteiger partial charge in [0.05, 0.1) is 24.8 Å². The fourth-order valence-electron chi connectivity index (χ4n) is 5.33. The van der Waals surface area contributed by atoms with E-state index in [0.717, 1.165) is 85.3 Å². The van der Waals surface area contributed by atoms with Gasteiger partial charge in [-0.15, -0.1) is 0 Å². The molecular formula is C24H27F2N7O. The van der Waals surface area contributed by atoms with Crippen molar-refractivity contribution >= 4 is 27.8 Å². The van der Waals surface area contributed by atoms with Gasteiger partial charge in [-0.2, -0.15) is 13.9 Å². The van der Waals surface area contributed by atoms with E-state index in [4.69, 9.17) is 4.74 Å². The SMILES string of the molecule is FC(F)n1cc(-c2ccc3[nH]c4ncnc(NC5CCC(N6CCOCC6)CC5)c4c3c2)cn1. The molecule has 0 spiro atoms. The topological polar surface area (TPSA) is 83.9 Å². The molecule has 1 saturated heterocycles. The summed E-state index contributed by atoms with van der Waals surface area (Å²) in [6.07, 6.45) is 8.92. The number of aromatic nitrogens is 5. The number of hydrogen-bond acceptors (Lipinski definition) is 6. The Morgan fingerprint density at radius 3 is 2.65 bits per heavy atom. The lowest BCUT2D eigenvalue weighted by Crippen LogP contribution is -2.46. The Bertz CT molecular complexity index is 1290. The molecular weight excluding hydrogens is 440 g/mol. The van der Waals surface area contributed by atoms with Crippen LogP contribution in [0, 0.1) is 0 Å². The van der Waals surface area contributed by atoms with Crippen LogP contribution in [0.5, 0.6) is 0 Å². The molecule has 2 fully saturated rings. The first-order valence-electron chi connectivity index (χ1n) is 11.8. The van der Waals surface area contributed by atoms with Crippen molar-refractivity contribution in [3.63, 3.8) is 0 Å². The van der Waals surface area contributed by atoms with Crippen LogP contribution in [-0.2, 0) is 4.74 Å². The van der Waals surface area contributed by atoms with Crippen LogP contribution in [-0.4, -0.2) is 68.0 Å². The highest BCUT2D eigenvalue weighted by molar-refractivity contribution is 6.12. The van der Waals surface area contributed by atoms with Crippen LogP contribution < -0.4 is 5.32 Å². The normalized spacial score (nSPS) is 22.1. The largest absolute Gasteiger partial charge is 0.379 e. The highest BCUT2D eigenvalue weighted by Gasteiger charge is 2.27. The second kappa shape index (κ2) is 8.92. The van der Waals surface area contributed by atoms with Gasteiger partial charge in [0.25, 0.3) is 0 Å². The minimum Gasteiger partial charge on any atom is -0.379 e. The molecule has 2 aliphatic rings. The quantitative estimate of drug-likeness (QED) is 0.452. The molecule has 0 unspecified atom stereocenters. The number of rotatable bonds is 5. The number of benzene rings is 1. The summed E-state index contributed by atoms with van der Waals surface area (Å²) in [6.45, 7) is 1.07. The summed E-state index contributed by atoms with van der Waals surface area (Å²) in [5.41, 5.74) is 3.15. The van der Waals surface area contributed by atoms with Gasteiger partial charge in [0.2, 0.25) is 0 Å².